The van der Waals surface area contributed by atoms with Gasteiger partial charge in [0.05, 0.1) is 0 Å². The van der Waals surface area contributed by atoms with Crippen LogP contribution in [0.15, 0.2) is 54.6 Å². The van der Waals surface area contributed by atoms with Gasteiger partial charge in [0.15, 0.2) is 0 Å². The van der Waals surface area contributed by atoms with Crippen LogP contribution in [0.3, 0.4) is 0 Å². The number of aliphatic hydroxyl groups excluding tert-OH is 1. The van der Waals surface area contributed by atoms with Crippen molar-refractivity contribution in [2.75, 3.05) is 0 Å². The van der Waals surface area contributed by atoms with E-state index in [0.29, 0.717) is 17.7 Å². The van der Waals surface area contributed by atoms with Crippen molar-refractivity contribution in [1.82, 2.24) is 0 Å². The van der Waals surface area contributed by atoms with Crippen LogP contribution in [-0.4, -0.2) is 21.3 Å². The molecule has 4 rings (SSSR count). The lowest BCUT2D eigenvalue weighted by Gasteiger charge is -2.43. The molecule has 1 aliphatic carbocycles. The lowest BCUT2D eigenvalue weighted by atomic mass is 9.62. The Labute approximate surface area is 218 Å². The van der Waals surface area contributed by atoms with Gasteiger partial charge < -0.3 is 20.1 Å². The summed E-state index contributed by atoms with van der Waals surface area (Å²) in [7, 11) is 0. The zero-order valence-corrected chi connectivity index (χ0v) is 22.1. The molecule has 192 valence electrons. The van der Waals surface area contributed by atoms with Crippen LogP contribution >= 0.6 is 0 Å². The first kappa shape index (κ1) is 26.3. The number of benzene rings is 3. The van der Waals surface area contributed by atoms with E-state index in [1.165, 1.54) is 29.3 Å². The molecule has 5 nitrogen and oxygen atoms in total. The second-order valence-electron chi connectivity index (χ2n) is 11.2. The van der Waals surface area contributed by atoms with Crippen molar-refractivity contribution in [1.29, 1.82) is 0 Å². The molecule has 1 unspecified atom stereocenters. The highest BCUT2D eigenvalue weighted by Gasteiger charge is 2.40. The number of carbonyl (C=O) groups is 1. The summed E-state index contributed by atoms with van der Waals surface area (Å²) in [6.07, 6.45) is 0.963. The van der Waals surface area contributed by atoms with Crippen LogP contribution in [0.1, 0.15) is 90.4 Å². The Morgan fingerprint density at radius 2 is 1.68 bits per heavy atom. The van der Waals surface area contributed by atoms with Gasteiger partial charge in [-0.1, -0.05) is 75.4 Å². The van der Waals surface area contributed by atoms with Gasteiger partial charge in [0.2, 0.25) is 0 Å². The molecule has 0 aliphatic heterocycles. The average Bonchev–Trinajstić information content (AvgIpc) is 2.84. The van der Waals surface area contributed by atoms with Crippen molar-refractivity contribution in [2.45, 2.75) is 71.0 Å². The average molecular weight is 499 g/mol. The summed E-state index contributed by atoms with van der Waals surface area (Å²) in [5, 5.41) is 30.1. The fourth-order valence-electron chi connectivity index (χ4n) is 4.90. The van der Waals surface area contributed by atoms with Crippen LogP contribution in [0, 0.1) is 18.8 Å². The van der Waals surface area contributed by atoms with Gasteiger partial charge in [-0.25, -0.2) is 4.79 Å². The Kier molecular flexibility index (Phi) is 7.08. The first-order valence-corrected chi connectivity index (χ1v) is 12.5. The second-order valence-corrected chi connectivity index (χ2v) is 11.2. The Bertz CT molecular complexity index is 1390. The number of aromatic hydroxyl groups is 1. The highest BCUT2D eigenvalue weighted by Crippen LogP contribution is 2.50. The van der Waals surface area contributed by atoms with Gasteiger partial charge in [0, 0.05) is 11.1 Å². The van der Waals surface area contributed by atoms with Crippen LogP contribution in [0.4, 0.5) is 0 Å². The fraction of sp³-hybridized carbons (Fsp3) is 0.344. The van der Waals surface area contributed by atoms with Crippen LogP contribution in [0.5, 0.6) is 11.5 Å². The van der Waals surface area contributed by atoms with E-state index in [-0.39, 0.29) is 22.1 Å². The van der Waals surface area contributed by atoms with E-state index in [1.54, 1.807) is 0 Å². The minimum Gasteiger partial charge on any atom is -0.507 e. The van der Waals surface area contributed by atoms with Crippen molar-refractivity contribution in [3.63, 3.8) is 0 Å². The lowest BCUT2D eigenvalue weighted by Crippen LogP contribution is -2.34. The topological polar surface area (TPSA) is 87.0 Å². The molecular formula is C32H34O5. The zero-order valence-electron chi connectivity index (χ0n) is 22.1. The molecule has 5 heteroatoms. The number of hydrogen-bond donors (Lipinski definition) is 3. The number of aliphatic hydroxyl groups is 1. The standard InChI is InChI=1S/C32H34O5/c1-20-6-8-22(9-7-20)19-37-28-18-23(17-25-29(28)32(4,5)15-14-31(25,2)3)26(33)13-11-21-10-12-24(30(35)36)27(34)16-21/h6-10,12,16-18,26,33-34H,14-15,19H2,1-5H3,(H,35,36). The van der Waals surface area contributed by atoms with Crippen molar-refractivity contribution in [3.8, 4) is 23.3 Å². The molecule has 0 bridgehead atoms. The predicted octanol–water partition coefficient (Wildman–Crippen LogP) is 6.41. The summed E-state index contributed by atoms with van der Waals surface area (Å²) in [5.41, 5.74) is 5.29. The fourth-order valence-corrected chi connectivity index (χ4v) is 4.90. The minimum atomic E-state index is -1.21. The highest BCUT2D eigenvalue weighted by molar-refractivity contribution is 5.90. The van der Waals surface area contributed by atoms with Crippen molar-refractivity contribution >= 4 is 5.97 Å². The van der Waals surface area contributed by atoms with Gasteiger partial charge >= 0.3 is 5.97 Å². The predicted molar refractivity (Wildman–Crippen MR) is 144 cm³/mol. The number of aromatic carboxylic acids is 1. The van der Waals surface area contributed by atoms with Gasteiger partial charge in [-0.3, -0.25) is 0 Å². The number of carboxylic acid groups (broad SMARTS) is 1. The van der Waals surface area contributed by atoms with Crippen LogP contribution < -0.4 is 4.74 Å². The van der Waals surface area contributed by atoms with Crippen LogP contribution in [-0.2, 0) is 17.4 Å². The maximum absolute atomic E-state index is 11.1. The Balaban J connectivity index is 1.72. The third kappa shape index (κ3) is 5.65. The second kappa shape index (κ2) is 9.95. The third-order valence-corrected chi connectivity index (χ3v) is 7.32. The quantitative estimate of drug-likeness (QED) is 0.354. The molecule has 0 aromatic heterocycles. The number of ether oxygens (including phenoxy) is 1. The maximum Gasteiger partial charge on any atom is 0.339 e. The van der Waals surface area contributed by atoms with Crippen molar-refractivity contribution in [3.05, 3.63) is 93.5 Å². The van der Waals surface area contributed by atoms with Gasteiger partial charge in [-0.15, -0.1) is 0 Å². The number of hydrogen-bond acceptors (Lipinski definition) is 4. The number of rotatable bonds is 5. The molecule has 1 atom stereocenters. The number of aryl methyl sites for hydroxylation is 1. The lowest BCUT2D eigenvalue weighted by molar-refractivity contribution is 0.0693. The van der Waals surface area contributed by atoms with E-state index in [2.05, 4.69) is 70.7 Å². The summed E-state index contributed by atoms with van der Waals surface area (Å²) in [6.45, 7) is 11.4. The number of fused-ring (bicyclic) bond motifs is 1. The first-order chi connectivity index (χ1) is 17.4. The molecular weight excluding hydrogens is 464 g/mol. The third-order valence-electron chi connectivity index (χ3n) is 7.32. The SMILES string of the molecule is Cc1ccc(COc2cc(C(O)C#Cc3ccc(C(=O)O)c(O)c3)cc3c2C(C)(C)CCC3(C)C)cc1. The molecule has 0 amide bonds. The van der Waals surface area contributed by atoms with E-state index in [4.69, 9.17) is 9.84 Å². The molecule has 1 aliphatic rings. The molecule has 0 fully saturated rings. The van der Waals surface area contributed by atoms with Crippen molar-refractivity contribution in [2.24, 2.45) is 0 Å². The largest absolute Gasteiger partial charge is 0.507 e. The zero-order chi connectivity index (χ0) is 27.0. The summed E-state index contributed by atoms with van der Waals surface area (Å²) >= 11 is 0. The molecule has 0 saturated carbocycles. The van der Waals surface area contributed by atoms with Gasteiger partial charge in [0.25, 0.3) is 0 Å². The smallest absolute Gasteiger partial charge is 0.339 e. The molecule has 3 aromatic rings. The minimum absolute atomic E-state index is 0.0773. The summed E-state index contributed by atoms with van der Waals surface area (Å²) in [4.78, 5) is 11.1. The monoisotopic (exact) mass is 498 g/mol. The Morgan fingerprint density at radius 3 is 2.32 bits per heavy atom. The summed E-state index contributed by atoms with van der Waals surface area (Å²) in [5.74, 6) is 4.88. The molecule has 3 aromatic carbocycles. The molecule has 3 N–H and O–H groups in total. The molecule has 0 radical (unpaired) electrons. The van der Waals surface area contributed by atoms with E-state index in [1.807, 2.05) is 12.1 Å². The van der Waals surface area contributed by atoms with Gasteiger partial charge in [0.1, 0.15) is 29.8 Å². The molecule has 37 heavy (non-hydrogen) atoms. The van der Waals surface area contributed by atoms with E-state index >= 15 is 0 Å². The highest BCUT2D eigenvalue weighted by atomic mass is 16.5. The maximum atomic E-state index is 11.1. The first-order valence-electron chi connectivity index (χ1n) is 12.5. The Morgan fingerprint density at radius 1 is 1.00 bits per heavy atom. The van der Waals surface area contributed by atoms with Crippen LogP contribution in [0.25, 0.3) is 0 Å². The van der Waals surface area contributed by atoms with Gasteiger partial charge in [-0.2, -0.15) is 0 Å². The van der Waals surface area contributed by atoms with E-state index in [0.717, 1.165) is 29.7 Å². The molecule has 0 saturated heterocycles. The van der Waals surface area contributed by atoms with Crippen molar-refractivity contribution < 1.29 is 24.9 Å². The number of phenols is 1. The number of carboxylic acids is 1. The normalized spacial score (nSPS) is 16.2. The molecule has 0 heterocycles. The summed E-state index contributed by atoms with van der Waals surface area (Å²) in [6, 6.07) is 16.3. The van der Waals surface area contributed by atoms with E-state index in [9.17, 15) is 15.0 Å². The Hall–Kier alpha value is -3.75. The van der Waals surface area contributed by atoms with Crippen LogP contribution in [0.2, 0.25) is 0 Å². The van der Waals surface area contributed by atoms with E-state index < -0.39 is 12.1 Å². The molecule has 0 spiro atoms. The summed E-state index contributed by atoms with van der Waals surface area (Å²) < 4.78 is 6.42. The van der Waals surface area contributed by atoms with Gasteiger partial charge in [-0.05, 0) is 71.6 Å².